The fourth-order valence-corrected chi connectivity index (χ4v) is 2.11. The zero-order valence-electron chi connectivity index (χ0n) is 10.3. The summed E-state index contributed by atoms with van der Waals surface area (Å²) in [5.41, 5.74) is 8.35. The van der Waals surface area contributed by atoms with Crippen LogP contribution in [0.15, 0.2) is 43.0 Å². The maximum Gasteiger partial charge on any atom is 0.115 e. The van der Waals surface area contributed by atoms with Gasteiger partial charge in [-0.1, -0.05) is 23.7 Å². The molecule has 1 aromatic carbocycles. The van der Waals surface area contributed by atoms with Crippen molar-refractivity contribution in [1.82, 2.24) is 9.97 Å². The summed E-state index contributed by atoms with van der Waals surface area (Å²) in [5.74, 6) is 0.215. The smallest absolute Gasteiger partial charge is 0.115 e. The van der Waals surface area contributed by atoms with Crippen molar-refractivity contribution in [3.05, 3.63) is 59.1 Å². The highest BCUT2D eigenvalue weighted by atomic mass is 35.5. The molecule has 0 saturated carbocycles. The highest BCUT2D eigenvalue weighted by Crippen LogP contribution is 2.23. The van der Waals surface area contributed by atoms with Crippen molar-refractivity contribution in [2.24, 2.45) is 5.73 Å². The van der Waals surface area contributed by atoms with Crippen molar-refractivity contribution in [2.45, 2.75) is 25.3 Å². The highest BCUT2D eigenvalue weighted by molar-refractivity contribution is 6.30. The van der Waals surface area contributed by atoms with Gasteiger partial charge in [-0.2, -0.15) is 0 Å². The Balaban J connectivity index is 2.19. The molecule has 94 valence electrons. The normalized spacial score (nSPS) is 14.2. The zero-order chi connectivity index (χ0) is 13.0. The minimum atomic E-state index is 0.0479. The Morgan fingerprint density at radius 1 is 1.17 bits per heavy atom. The number of hydrogen-bond donors (Lipinski definition) is 1. The molecule has 0 aliphatic heterocycles. The van der Waals surface area contributed by atoms with E-state index < -0.39 is 0 Å². The first-order valence-electron chi connectivity index (χ1n) is 5.91. The Morgan fingerprint density at radius 3 is 2.33 bits per heavy atom. The van der Waals surface area contributed by atoms with Gasteiger partial charge in [0, 0.05) is 29.4 Å². The average Bonchev–Trinajstić information content (AvgIpc) is 2.38. The van der Waals surface area contributed by atoms with Gasteiger partial charge in [-0.15, -0.1) is 0 Å². The topological polar surface area (TPSA) is 51.8 Å². The molecule has 0 aliphatic rings. The van der Waals surface area contributed by atoms with Crippen molar-refractivity contribution < 1.29 is 0 Å². The van der Waals surface area contributed by atoms with Crippen LogP contribution < -0.4 is 5.73 Å². The summed E-state index contributed by atoms with van der Waals surface area (Å²) in [6, 6.07) is 7.91. The molecule has 1 heterocycles. The van der Waals surface area contributed by atoms with Crippen molar-refractivity contribution in [1.29, 1.82) is 0 Å². The second-order valence-corrected chi connectivity index (χ2v) is 4.90. The average molecular weight is 262 g/mol. The largest absolute Gasteiger partial charge is 0.327 e. The first kappa shape index (κ1) is 13.0. The van der Waals surface area contributed by atoms with Gasteiger partial charge in [0.05, 0.1) is 0 Å². The van der Waals surface area contributed by atoms with Crippen LogP contribution >= 0.6 is 11.6 Å². The number of benzene rings is 1. The van der Waals surface area contributed by atoms with Crippen molar-refractivity contribution in [3.8, 4) is 0 Å². The lowest BCUT2D eigenvalue weighted by molar-refractivity contribution is 0.561. The van der Waals surface area contributed by atoms with Crippen molar-refractivity contribution in [2.75, 3.05) is 0 Å². The predicted octanol–water partition coefficient (Wildman–Crippen LogP) is 2.80. The number of hydrogen-bond acceptors (Lipinski definition) is 3. The van der Waals surface area contributed by atoms with Gasteiger partial charge in [-0.05, 0) is 36.6 Å². The van der Waals surface area contributed by atoms with Crippen LogP contribution in [0.5, 0.6) is 0 Å². The molecule has 2 atom stereocenters. The van der Waals surface area contributed by atoms with Gasteiger partial charge in [-0.3, -0.25) is 0 Å². The van der Waals surface area contributed by atoms with Crippen LogP contribution in [0.25, 0.3) is 0 Å². The maximum atomic E-state index is 6.06. The molecule has 3 nitrogen and oxygen atoms in total. The molecule has 1 aromatic heterocycles. The SMILES string of the molecule is CC(N)C(Cc1ccc(Cl)cc1)c1cncnc1. The van der Waals surface area contributed by atoms with E-state index in [0.717, 1.165) is 17.0 Å². The summed E-state index contributed by atoms with van der Waals surface area (Å²) in [5, 5.41) is 0.749. The van der Waals surface area contributed by atoms with Gasteiger partial charge < -0.3 is 5.73 Å². The molecule has 18 heavy (non-hydrogen) atoms. The summed E-state index contributed by atoms with van der Waals surface area (Å²) in [6.07, 6.45) is 6.06. The zero-order valence-corrected chi connectivity index (χ0v) is 11.0. The lowest BCUT2D eigenvalue weighted by atomic mass is 9.88. The lowest BCUT2D eigenvalue weighted by Crippen LogP contribution is -2.26. The number of halogens is 1. The molecular weight excluding hydrogens is 246 g/mol. The Morgan fingerprint density at radius 2 is 1.78 bits per heavy atom. The lowest BCUT2D eigenvalue weighted by Gasteiger charge is -2.20. The van der Waals surface area contributed by atoms with Gasteiger partial charge in [0.2, 0.25) is 0 Å². The van der Waals surface area contributed by atoms with E-state index in [4.69, 9.17) is 17.3 Å². The molecule has 0 radical (unpaired) electrons. The molecule has 2 N–H and O–H groups in total. The number of nitrogens with two attached hydrogens (primary N) is 1. The van der Waals surface area contributed by atoms with Gasteiger partial charge in [0.25, 0.3) is 0 Å². The Kier molecular flexibility index (Phi) is 4.28. The molecule has 2 unspecified atom stereocenters. The van der Waals surface area contributed by atoms with Crippen LogP contribution in [0.4, 0.5) is 0 Å². The molecule has 0 aliphatic carbocycles. The summed E-state index contributed by atoms with van der Waals surface area (Å²) in [7, 11) is 0. The standard InChI is InChI=1S/C14H16ClN3/c1-10(16)14(12-7-17-9-18-8-12)6-11-2-4-13(15)5-3-11/h2-5,7-10,14H,6,16H2,1H3. The summed E-state index contributed by atoms with van der Waals surface area (Å²) < 4.78 is 0. The van der Waals surface area contributed by atoms with E-state index in [9.17, 15) is 0 Å². The monoisotopic (exact) mass is 261 g/mol. The van der Waals surface area contributed by atoms with E-state index in [0.29, 0.717) is 0 Å². The third kappa shape index (κ3) is 3.28. The molecule has 0 spiro atoms. The minimum absolute atomic E-state index is 0.0479. The fourth-order valence-electron chi connectivity index (χ4n) is 1.98. The van der Waals surface area contributed by atoms with Crippen LogP contribution in [-0.4, -0.2) is 16.0 Å². The fraction of sp³-hybridized carbons (Fsp3) is 0.286. The molecule has 0 bridgehead atoms. The molecule has 0 fully saturated rings. The first-order valence-corrected chi connectivity index (χ1v) is 6.29. The molecule has 2 rings (SSSR count). The van der Waals surface area contributed by atoms with Gasteiger partial charge in [0.15, 0.2) is 0 Å². The van der Waals surface area contributed by atoms with Gasteiger partial charge in [0.1, 0.15) is 6.33 Å². The summed E-state index contributed by atoms with van der Waals surface area (Å²) in [6.45, 7) is 2.01. The number of rotatable bonds is 4. The Bertz CT molecular complexity index is 482. The third-order valence-corrected chi connectivity index (χ3v) is 3.26. The molecular formula is C14H16ClN3. The second-order valence-electron chi connectivity index (χ2n) is 4.47. The predicted molar refractivity (Wildman–Crippen MR) is 73.6 cm³/mol. The van der Waals surface area contributed by atoms with Crippen molar-refractivity contribution in [3.63, 3.8) is 0 Å². The molecule has 0 saturated heterocycles. The highest BCUT2D eigenvalue weighted by Gasteiger charge is 2.17. The molecule has 4 heteroatoms. The Hall–Kier alpha value is -1.45. The second kappa shape index (κ2) is 5.94. The van der Waals surface area contributed by atoms with Crippen molar-refractivity contribution >= 4 is 11.6 Å². The van der Waals surface area contributed by atoms with Gasteiger partial charge in [-0.25, -0.2) is 9.97 Å². The minimum Gasteiger partial charge on any atom is -0.327 e. The molecule has 2 aromatic rings. The van der Waals surface area contributed by atoms with Crippen LogP contribution in [-0.2, 0) is 6.42 Å². The van der Waals surface area contributed by atoms with Crippen LogP contribution in [0.3, 0.4) is 0 Å². The quantitative estimate of drug-likeness (QED) is 0.921. The third-order valence-electron chi connectivity index (χ3n) is 3.01. The van der Waals surface area contributed by atoms with E-state index in [-0.39, 0.29) is 12.0 Å². The number of aromatic nitrogens is 2. The van der Waals surface area contributed by atoms with E-state index in [1.165, 1.54) is 11.9 Å². The maximum absolute atomic E-state index is 6.06. The van der Waals surface area contributed by atoms with E-state index in [1.54, 1.807) is 0 Å². The van der Waals surface area contributed by atoms with E-state index in [2.05, 4.69) is 9.97 Å². The van der Waals surface area contributed by atoms with Crippen LogP contribution in [0.2, 0.25) is 5.02 Å². The van der Waals surface area contributed by atoms with E-state index in [1.807, 2.05) is 43.6 Å². The van der Waals surface area contributed by atoms with Crippen LogP contribution in [0.1, 0.15) is 24.0 Å². The summed E-state index contributed by atoms with van der Waals surface area (Å²) in [4.78, 5) is 8.11. The summed E-state index contributed by atoms with van der Waals surface area (Å²) >= 11 is 5.88. The molecule has 0 amide bonds. The number of nitrogens with zero attached hydrogens (tertiary/aromatic N) is 2. The van der Waals surface area contributed by atoms with E-state index >= 15 is 0 Å². The van der Waals surface area contributed by atoms with Gasteiger partial charge >= 0.3 is 0 Å². The first-order chi connectivity index (χ1) is 8.66. The Labute approximate surface area is 112 Å². The van der Waals surface area contributed by atoms with Crippen LogP contribution in [0, 0.1) is 0 Å².